The van der Waals surface area contributed by atoms with Crippen LogP contribution in [-0.4, -0.2) is 56.8 Å². The average Bonchev–Trinajstić information content (AvgIpc) is 3.11. The van der Waals surface area contributed by atoms with Crippen molar-refractivity contribution in [1.82, 2.24) is 4.90 Å². The first kappa shape index (κ1) is 18.4. The number of amides is 1. The molecule has 0 spiro atoms. The maximum Gasteiger partial charge on any atom is 0.312 e. The zero-order chi connectivity index (χ0) is 19.3. The first-order chi connectivity index (χ1) is 12.0. The molecule has 140 valence electrons. The molecular weight excluding hydrogens is 338 g/mol. The summed E-state index contributed by atoms with van der Waals surface area (Å²) in [4.78, 5) is 37.1. The van der Waals surface area contributed by atoms with Crippen LogP contribution < -0.4 is 0 Å². The Bertz CT molecular complexity index is 737. The third-order valence-electron chi connectivity index (χ3n) is 5.65. The number of carboxylic acid groups (broad SMARTS) is 2. The minimum atomic E-state index is -1.36. The lowest BCUT2D eigenvalue weighted by Gasteiger charge is -2.20. The molecule has 26 heavy (non-hydrogen) atoms. The van der Waals surface area contributed by atoms with Crippen LogP contribution in [0, 0.1) is 10.8 Å². The number of rotatable bonds is 6. The van der Waals surface area contributed by atoms with Gasteiger partial charge in [-0.3, -0.25) is 14.4 Å². The fourth-order valence-corrected chi connectivity index (χ4v) is 3.88. The molecule has 7 heteroatoms. The zero-order valence-electron chi connectivity index (χ0n) is 14.9. The minimum absolute atomic E-state index is 0.0737. The van der Waals surface area contributed by atoms with E-state index in [4.69, 9.17) is 0 Å². The van der Waals surface area contributed by atoms with Crippen molar-refractivity contribution in [3.63, 3.8) is 0 Å². The first-order valence-electron chi connectivity index (χ1n) is 8.58. The van der Waals surface area contributed by atoms with E-state index in [-0.39, 0.29) is 25.4 Å². The van der Waals surface area contributed by atoms with Crippen LogP contribution in [0.1, 0.15) is 42.6 Å². The van der Waals surface area contributed by atoms with Gasteiger partial charge in [-0.05, 0) is 50.8 Å². The first-order valence-corrected chi connectivity index (χ1v) is 8.58. The van der Waals surface area contributed by atoms with Crippen molar-refractivity contribution in [3.05, 3.63) is 35.4 Å². The van der Waals surface area contributed by atoms with Gasteiger partial charge >= 0.3 is 11.9 Å². The van der Waals surface area contributed by atoms with Gasteiger partial charge in [0.05, 0.1) is 5.60 Å². The van der Waals surface area contributed by atoms with E-state index < -0.39 is 28.4 Å². The fraction of sp³-hybridized carbons (Fsp3) is 0.526. The summed E-state index contributed by atoms with van der Waals surface area (Å²) in [6, 6.07) is 6.92. The molecule has 3 rings (SSSR count). The summed E-state index contributed by atoms with van der Waals surface area (Å²) in [5, 5.41) is 28.7. The van der Waals surface area contributed by atoms with E-state index in [2.05, 4.69) is 0 Å². The minimum Gasteiger partial charge on any atom is -0.481 e. The molecule has 7 nitrogen and oxygen atoms in total. The molecule has 1 aliphatic heterocycles. The fourth-order valence-electron chi connectivity index (χ4n) is 3.88. The highest BCUT2D eigenvalue weighted by atomic mass is 16.4. The highest BCUT2D eigenvalue weighted by Gasteiger charge is 2.81. The third-order valence-corrected chi connectivity index (χ3v) is 5.65. The Labute approximate surface area is 151 Å². The maximum atomic E-state index is 12.7. The second-order valence-electron chi connectivity index (χ2n) is 8.12. The van der Waals surface area contributed by atoms with Gasteiger partial charge in [0.25, 0.3) is 5.91 Å². The van der Waals surface area contributed by atoms with E-state index in [9.17, 15) is 29.7 Å². The molecule has 2 aliphatic rings. The van der Waals surface area contributed by atoms with E-state index in [0.717, 1.165) is 5.56 Å². The molecule has 1 aromatic carbocycles. The number of nitrogens with zero attached hydrogens (tertiary/aromatic N) is 1. The number of aryl methyl sites for hydroxylation is 1. The van der Waals surface area contributed by atoms with E-state index in [0.29, 0.717) is 18.4 Å². The van der Waals surface area contributed by atoms with Crippen molar-refractivity contribution in [3.8, 4) is 0 Å². The molecule has 1 amide bonds. The number of benzene rings is 1. The van der Waals surface area contributed by atoms with Crippen molar-refractivity contribution in [2.45, 2.75) is 38.7 Å². The third kappa shape index (κ3) is 2.86. The molecule has 0 bridgehead atoms. The van der Waals surface area contributed by atoms with E-state index in [1.165, 1.54) is 4.90 Å². The van der Waals surface area contributed by atoms with Crippen LogP contribution >= 0.6 is 0 Å². The van der Waals surface area contributed by atoms with Crippen LogP contribution in [-0.2, 0) is 16.0 Å². The van der Waals surface area contributed by atoms with Crippen LogP contribution in [0.15, 0.2) is 24.3 Å². The second-order valence-corrected chi connectivity index (χ2v) is 8.12. The van der Waals surface area contributed by atoms with Crippen molar-refractivity contribution >= 4 is 17.8 Å². The number of hydrogen-bond acceptors (Lipinski definition) is 4. The van der Waals surface area contributed by atoms with Gasteiger partial charge in [0.15, 0.2) is 0 Å². The summed E-state index contributed by atoms with van der Waals surface area (Å²) in [5.74, 6) is -2.66. The number of aliphatic carboxylic acids is 2. The van der Waals surface area contributed by atoms with Crippen LogP contribution in [0.3, 0.4) is 0 Å². The second kappa shape index (κ2) is 5.81. The van der Waals surface area contributed by atoms with Gasteiger partial charge in [0.1, 0.15) is 10.8 Å². The summed E-state index contributed by atoms with van der Waals surface area (Å²) in [7, 11) is 0. The highest BCUT2D eigenvalue weighted by Crippen LogP contribution is 2.68. The van der Waals surface area contributed by atoms with Crippen LogP contribution in [0.2, 0.25) is 0 Å². The summed E-state index contributed by atoms with van der Waals surface area (Å²) in [6.07, 6.45) is 1.34. The van der Waals surface area contributed by atoms with Crippen LogP contribution in [0.4, 0.5) is 0 Å². The monoisotopic (exact) mass is 361 g/mol. The molecule has 2 fully saturated rings. The van der Waals surface area contributed by atoms with E-state index in [1.807, 2.05) is 0 Å². The summed E-state index contributed by atoms with van der Waals surface area (Å²) in [6.45, 7) is 3.32. The van der Waals surface area contributed by atoms with Crippen LogP contribution in [0.5, 0.6) is 0 Å². The van der Waals surface area contributed by atoms with Gasteiger partial charge in [0.2, 0.25) is 0 Å². The molecule has 1 saturated heterocycles. The number of hydrogen-bond donors (Lipinski definition) is 3. The summed E-state index contributed by atoms with van der Waals surface area (Å²) >= 11 is 0. The Morgan fingerprint density at radius 1 is 1.04 bits per heavy atom. The lowest BCUT2D eigenvalue weighted by Crippen LogP contribution is -2.34. The van der Waals surface area contributed by atoms with E-state index in [1.54, 1.807) is 38.1 Å². The SMILES string of the molecule is CC(C)(O)CCc1ccc(C(=O)N2C[C@@]3(C(=O)O)C[C@@]3(C(=O)O)C2)cc1. The Hall–Kier alpha value is -2.41. The molecule has 3 N–H and O–H groups in total. The quantitative estimate of drug-likeness (QED) is 0.705. The standard InChI is InChI=1S/C19H23NO6/c1-17(2,26)8-7-12-3-5-13(6-4-12)14(21)20-10-18(15(22)23)9-19(18,11-20)16(24)25/h3-6,26H,7-11H2,1-2H3,(H,22,23)(H,24,25)/t18-,19+. The Balaban J connectivity index is 1.71. The highest BCUT2D eigenvalue weighted by molar-refractivity contribution is 5.99. The number of fused-ring (bicyclic) bond motifs is 1. The molecule has 0 aromatic heterocycles. The summed E-state index contributed by atoms with van der Waals surface area (Å²) in [5.41, 5.74) is -2.10. The topological polar surface area (TPSA) is 115 Å². The van der Waals surface area contributed by atoms with Gasteiger partial charge in [-0.2, -0.15) is 0 Å². The largest absolute Gasteiger partial charge is 0.481 e. The predicted molar refractivity (Wildman–Crippen MR) is 91.7 cm³/mol. The number of piperidine rings is 1. The molecule has 2 atom stereocenters. The lowest BCUT2D eigenvalue weighted by molar-refractivity contribution is -0.151. The van der Waals surface area contributed by atoms with Crippen molar-refractivity contribution in [2.24, 2.45) is 10.8 Å². The summed E-state index contributed by atoms with van der Waals surface area (Å²) < 4.78 is 0. The lowest BCUT2D eigenvalue weighted by atomic mass is 9.97. The number of carbonyl (C=O) groups is 3. The molecule has 0 radical (unpaired) electrons. The molecule has 1 aromatic rings. The number of carbonyl (C=O) groups excluding carboxylic acids is 1. The van der Waals surface area contributed by atoms with Crippen molar-refractivity contribution in [1.29, 1.82) is 0 Å². The zero-order valence-corrected chi connectivity index (χ0v) is 14.9. The predicted octanol–water partition coefficient (Wildman–Crippen LogP) is 1.39. The van der Waals surface area contributed by atoms with Gasteiger partial charge in [-0.25, -0.2) is 0 Å². The smallest absolute Gasteiger partial charge is 0.312 e. The Morgan fingerprint density at radius 3 is 1.96 bits per heavy atom. The molecule has 0 unspecified atom stereocenters. The molecular formula is C19H23NO6. The van der Waals surface area contributed by atoms with Gasteiger partial charge in [-0.15, -0.1) is 0 Å². The average molecular weight is 361 g/mol. The molecule has 1 saturated carbocycles. The van der Waals surface area contributed by atoms with Gasteiger partial charge in [0, 0.05) is 18.7 Å². The number of likely N-dealkylation sites (tertiary alicyclic amines) is 1. The number of carboxylic acids is 2. The maximum absolute atomic E-state index is 12.7. The van der Waals surface area contributed by atoms with Gasteiger partial charge in [-0.1, -0.05) is 12.1 Å². The molecule has 1 heterocycles. The van der Waals surface area contributed by atoms with Crippen molar-refractivity contribution < 1.29 is 29.7 Å². The van der Waals surface area contributed by atoms with Crippen molar-refractivity contribution in [2.75, 3.05) is 13.1 Å². The Morgan fingerprint density at radius 2 is 1.54 bits per heavy atom. The molecule has 1 aliphatic carbocycles. The normalized spacial score (nSPS) is 27.1. The number of aliphatic hydroxyl groups is 1. The Kier molecular flexibility index (Phi) is 4.10. The van der Waals surface area contributed by atoms with Crippen LogP contribution in [0.25, 0.3) is 0 Å². The van der Waals surface area contributed by atoms with Gasteiger partial charge < -0.3 is 20.2 Å². The van der Waals surface area contributed by atoms with E-state index >= 15 is 0 Å².